The normalized spacial score (nSPS) is 18.6. The Morgan fingerprint density at radius 3 is 2.33 bits per heavy atom. The first-order valence-corrected chi connectivity index (χ1v) is 22.3. The number of aromatic nitrogens is 7. The van der Waals surface area contributed by atoms with Crippen LogP contribution in [0.5, 0.6) is 0 Å². The van der Waals surface area contributed by atoms with Crippen LogP contribution in [0.15, 0.2) is 92.2 Å². The number of H-pyrrole nitrogens is 1. The van der Waals surface area contributed by atoms with Gasteiger partial charge in [-0.15, -0.1) is 0 Å². The van der Waals surface area contributed by atoms with Crippen LogP contribution in [0.2, 0.25) is 0 Å². The number of hydrogen-bond donors (Lipinski definition) is 2. The molecule has 0 radical (unpaired) electrons. The molecule has 2 fully saturated rings. The number of nitrogens with one attached hydrogen (secondary N) is 2. The van der Waals surface area contributed by atoms with Crippen molar-refractivity contribution in [1.82, 2.24) is 38.4 Å². The smallest absolute Gasteiger partial charge is 0.381 e. The van der Waals surface area contributed by atoms with E-state index in [1.54, 1.807) is 67.3 Å². The van der Waals surface area contributed by atoms with Crippen molar-refractivity contribution in [2.75, 3.05) is 26.0 Å². The average molecular weight is 846 g/mol. The molecule has 1 aliphatic carbocycles. The van der Waals surface area contributed by atoms with Gasteiger partial charge in [0.05, 0.1) is 43.8 Å². The predicted octanol–water partition coefficient (Wildman–Crippen LogP) is 6.27. The lowest BCUT2D eigenvalue weighted by molar-refractivity contribution is 0.0675. The molecule has 2 N–H and O–H groups in total. The lowest BCUT2D eigenvalue weighted by Gasteiger charge is -2.34. The van der Waals surface area contributed by atoms with E-state index >= 15 is 9.18 Å². The minimum atomic E-state index is -2.96. The van der Waals surface area contributed by atoms with Gasteiger partial charge in [-0.2, -0.15) is 5.10 Å². The quantitative estimate of drug-likeness (QED) is 0.180. The average Bonchev–Trinajstić information content (AvgIpc) is 3.54. The fourth-order valence-corrected chi connectivity index (χ4v) is 10.1. The Morgan fingerprint density at radius 1 is 0.967 bits per heavy atom. The molecule has 61 heavy (non-hydrogen) atoms. The molecular weight excluding hydrogens is 802 g/mol. The first kappa shape index (κ1) is 38.8. The number of carbonyl (C=O) groups excluding carboxylic acids is 1. The summed E-state index contributed by atoms with van der Waals surface area (Å²) in [6.45, 7) is 7.02. The summed E-state index contributed by atoms with van der Waals surface area (Å²) in [6.07, 6.45) is 10.1. The monoisotopic (exact) mass is 845 g/mol. The van der Waals surface area contributed by atoms with Gasteiger partial charge in [0.1, 0.15) is 11.6 Å². The van der Waals surface area contributed by atoms with E-state index in [0.717, 1.165) is 24.1 Å². The van der Waals surface area contributed by atoms with E-state index in [2.05, 4.69) is 22.3 Å². The molecule has 5 aromatic heterocycles. The minimum absolute atomic E-state index is 0.222. The number of hydrogen-bond acceptors (Lipinski definition) is 9. The van der Waals surface area contributed by atoms with Crippen LogP contribution in [0.4, 0.5) is 4.39 Å². The number of fused-ring (bicyclic) bond motifs is 2. The van der Waals surface area contributed by atoms with Crippen molar-refractivity contribution in [3.05, 3.63) is 145 Å². The number of pyridine rings is 1. The zero-order chi connectivity index (χ0) is 42.5. The van der Waals surface area contributed by atoms with Crippen LogP contribution < -0.4 is 11.4 Å². The summed E-state index contributed by atoms with van der Waals surface area (Å²) in [7, 11) is -2.96. The Morgan fingerprint density at radius 2 is 1.67 bits per heavy atom. The molecule has 1 saturated heterocycles. The highest BCUT2D eigenvalue weighted by Crippen LogP contribution is 2.54. The van der Waals surface area contributed by atoms with E-state index in [0.29, 0.717) is 101 Å². The number of halogens is 1. The molecule has 3 aliphatic rings. The fourth-order valence-electron chi connectivity index (χ4n) is 9.42. The second-order valence-electron chi connectivity index (χ2n) is 16.6. The van der Waals surface area contributed by atoms with Crippen LogP contribution in [-0.2, 0) is 26.3 Å². The standard InChI is InChI=1S/C44H44FN9O6S/c1-25-21-32(22-26(2)37(25)45)54-39(53-18-17-52(43(53)57)30-5-7-33(8-6-30)61(4,46)58)36-27(3)50(16-10-35(36)48-54)40(55)34-24-31-23-29(28-11-19-59-20-12-28)9-15-51(31)38(34)44(13-14-44)41-47-42(56)60-49-41/h5-9,15,17-18,21-24,27-28,46H,10-14,16,19-20H2,1-4H3,(H,47,49,56)/t27-,61+/m0/s1. The van der Waals surface area contributed by atoms with Crippen LogP contribution >= 0.6 is 0 Å². The fraction of sp³-hybridized carbons (Fsp3) is 0.341. The van der Waals surface area contributed by atoms with Crippen molar-refractivity contribution in [3.8, 4) is 17.2 Å². The minimum Gasteiger partial charge on any atom is -0.381 e. The van der Waals surface area contributed by atoms with E-state index in [4.69, 9.17) is 19.1 Å². The van der Waals surface area contributed by atoms with E-state index in [9.17, 15) is 13.8 Å². The van der Waals surface area contributed by atoms with Crippen LogP contribution in [0, 0.1) is 24.4 Å². The summed E-state index contributed by atoms with van der Waals surface area (Å²) in [5, 5.41) is 9.17. The second-order valence-corrected chi connectivity index (χ2v) is 18.8. The topological polar surface area (TPSA) is 179 Å². The maximum Gasteiger partial charge on any atom is 0.438 e. The number of rotatable bonds is 8. The first-order valence-electron chi connectivity index (χ1n) is 20.4. The largest absolute Gasteiger partial charge is 0.438 e. The van der Waals surface area contributed by atoms with E-state index in [1.165, 1.54) is 21.0 Å². The zero-order valence-corrected chi connectivity index (χ0v) is 34.9. The summed E-state index contributed by atoms with van der Waals surface area (Å²) in [5.41, 5.74) is 5.33. The van der Waals surface area contributed by atoms with Crippen LogP contribution in [0.3, 0.4) is 0 Å². The third-order valence-corrected chi connectivity index (χ3v) is 13.9. The Bertz CT molecular complexity index is 3120. The van der Waals surface area contributed by atoms with E-state index in [-0.39, 0.29) is 11.7 Å². The molecule has 1 amide bonds. The van der Waals surface area contributed by atoms with Gasteiger partial charge in [-0.25, -0.2) is 27.6 Å². The molecule has 2 aliphatic heterocycles. The molecule has 10 rings (SSSR count). The van der Waals surface area contributed by atoms with Crippen molar-refractivity contribution in [1.29, 1.82) is 4.78 Å². The molecule has 0 unspecified atom stereocenters. The number of aromatic amines is 1. The third-order valence-electron chi connectivity index (χ3n) is 12.8. The zero-order valence-electron chi connectivity index (χ0n) is 34.1. The molecule has 7 heterocycles. The van der Waals surface area contributed by atoms with E-state index in [1.807, 2.05) is 28.5 Å². The number of imidazole rings is 1. The summed E-state index contributed by atoms with van der Waals surface area (Å²) < 4.78 is 52.7. The number of aryl methyl sites for hydroxylation is 2. The summed E-state index contributed by atoms with van der Waals surface area (Å²) in [6, 6.07) is 15.4. The highest BCUT2D eigenvalue weighted by molar-refractivity contribution is 7.91. The lowest BCUT2D eigenvalue weighted by atomic mass is 9.92. The van der Waals surface area contributed by atoms with Gasteiger partial charge >= 0.3 is 11.4 Å². The number of benzene rings is 2. The molecule has 0 bridgehead atoms. The first-order chi connectivity index (χ1) is 29.2. The maximum absolute atomic E-state index is 15.3. The summed E-state index contributed by atoms with van der Waals surface area (Å²) >= 11 is 0. The van der Waals surface area contributed by atoms with Crippen molar-refractivity contribution < 1.29 is 22.7 Å². The van der Waals surface area contributed by atoms with Crippen LogP contribution in [0.25, 0.3) is 22.7 Å². The number of amides is 1. The molecule has 0 spiro atoms. The molecule has 1 saturated carbocycles. The Labute approximate surface area is 349 Å². The van der Waals surface area contributed by atoms with Crippen molar-refractivity contribution in [3.63, 3.8) is 0 Å². The molecule has 2 atom stereocenters. The Kier molecular flexibility index (Phi) is 8.99. The molecule has 17 heteroatoms. The lowest BCUT2D eigenvalue weighted by Crippen LogP contribution is -2.40. The van der Waals surface area contributed by atoms with Crippen LogP contribution in [0.1, 0.15) is 94.4 Å². The molecule has 15 nitrogen and oxygen atoms in total. The summed E-state index contributed by atoms with van der Waals surface area (Å²) in [4.78, 5) is 47.0. The Hall–Kier alpha value is -6.33. The maximum atomic E-state index is 15.3. The van der Waals surface area contributed by atoms with Gasteiger partial charge in [-0.05, 0) is 124 Å². The highest BCUT2D eigenvalue weighted by atomic mass is 32.2. The summed E-state index contributed by atoms with van der Waals surface area (Å²) in [5.74, 6) is -0.0924. The van der Waals surface area contributed by atoms with Crippen molar-refractivity contribution in [2.45, 2.75) is 75.1 Å². The highest BCUT2D eigenvalue weighted by Gasteiger charge is 2.54. The van der Waals surface area contributed by atoms with Gasteiger partial charge in [0.25, 0.3) is 5.91 Å². The molecule has 314 valence electrons. The van der Waals surface area contributed by atoms with Gasteiger partial charge in [0, 0.05) is 72.7 Å². The van der Waals surface area contributed by atoms with Gasteiger partial charge in [0.2, 0.25) is 0 Å². The van der Waals surface area contributed by atoms with Crippen molar-refractivity contribution >= 4 is 21.2 Å². The van der Waals surface area contributed by atoms with Gasteiger partial charge < -0.3 is 14.0 Å². The van der Waals surface area contributed by atoms with Gasteiger partial charge in [-0.3, -0.25) is 23.4 Å². The molecular formula is C44H44FN9O6S. The number of carbonyl (C=O) groups is 1. The number of nitrogens with zero attached hydrogens (tertiary/aromatic N) is 7. The molecule has 2 aromatic carbocycles. The van der Waals surface area contributed by atoms with Crippen molar-refractivity contribution in [2.24, 2.45) is 0 Å². The predicted molar refractivity (Wildman–Crippen MR) is 223 cm³/mol. The van der Waals surface area contributed by atoms with E-state index < -0.39 is 32.6 Å². The Balaban J connectivity index is 1.11. The molecule has 7 aromatic rings. The second kappa shape index (κ2) is 14.1. The third kappa shape index (κ3) is 6.31. The SMILES string of the molecule is Cc1cc(-n2nc3c(c2-n2ccn(-c4ccc([S@](C)(=N)=O)cc4)c2=O)[C@H](C)N(C(=O)c2cc4cc(C5CCOCC5)ccn4c2C2(c4noc(=O)[nH]4)CC2)CC3)cc(C)c1F. The van der Waals surface area contributed by atoms with Crippen LogP contribution in [-0.4, -0.2) is 74.5 Å². The van der Waals surface area contributed by atoms with Gasteiger partial charge in [0.15, 0.2) is 5.82 Å². The van der Waals surface area contributed by atoms with Gasteiger partial charge in [-0.1, -0.05) is 5.16 Å². The number of ether oxygens (including phenoxy) is 1.